The van der Waals surface area contributed by atoms with Crippen LogP contribution >= 0.6 is 0 Å². The molecule has 0 fully saturated rings. The standard InChI is InChI=1S/C17H31N3O5/c1-16(2,3)19-14(23)9-11-17(4,10-8-12(21)18-5)20-13(22)6-7-15(24)25/h6-11H2,1-5H3,(H,18,21)(H,19,23)(H,20,22)(H,24,25). The number of hydrogen-bond donors (Lipinski definition) is 4. The van der Waals surface area contributed by atoms with E-state index in [0.717, 1.165) is 0 Å². The summed E-state index contributed by atoms with van der Waals surface area (Å²) < 4.78 is 0. The molecule has 4 N–H and O–H groups in total. The van der Waals surface area contributed by atoms with Gasteiger partial charge in [0, 0.05) is 37.4 Å². The van der Waals surface area contributed by atoms with Crippen molar-refractivity contribution in [3.05, 3.63) is 0 Å². The van der Waals surface area contributed by atoms with E-state index in [0.29, 0.717) is 12.8 Å². The average molecular weight is 357 g/mol. The molecule has 0 rings (SSSR count). The highest BCUT2D eigenvalue weighted by Gasteiger charge is 2.28. The fourth-order valence-electron chi connectivity index (χ4n) is 2.25. The van der Waals surface area contributed by atoms with E-state index >= 15 is 0 Å². The summed E-state index contributed by atoms with van der Waals surface area (Å²) in [6, 6.07) is 0. The largest absolute Gasteiger partial charge is 0.481 e. The lowest BCUT2D eigenvalue weighted by molar-refractivity contribution is -0.139. The number of hydrogen-bond acceptors (Lipinski definition) is 4. The van der Waals surface area contributed by atoms with E-state index < -0.39 is 17.4 Å². The van der Waals surface area contributed by atoms with Crippen LogP contribution in [0.1, 0.15) is 66.2 Å². The minimum absolute atomic E-state index is 0.140. The number of amides is 3. The van der Waals surface area contributed by atoms with Gasteiger partial charge in [-0.1, -0.05) is 0 Å². The summed E-state index contributed by atoms with van der Waals surface area (Å²) in [5.74, 6) is -1.76. The van der Waals surface area contributed by atoms with Crippen molar-refractivity contribution in [1.82, 2.24) is 16.0 Å². The van der Waals surface area contributed by atoms with Gasteiger partial charge in [-0.3, -0.25) is 19.2 Å². The van der Waals surface area contributed by atoms with Crippen LogP contribution in [0.2, 0.25) is 0 Å². The highest BCUT2D eigenvalue weighted by atomic mass is 16.4. The molecule has 3 amide bonds. The van der Waals surface area contributed by atoms with Crippen molar-refractivity contribution >= 4 is 23.7 Å². The van der Waals surface area contributed by atoms with Crippen molar-refractivity contribution in [3.63, 3.8) is 0 Å². The fraction of sp³-hybridized carbons (Fsp3) is 0.765. The summed E-state index contributed by atoms with van der Waals surface area (Å²) in [5, 5.41) is 16.8. The van der Waals surface area contributed by atoms with Crippen LogP contribution in [0.15, 0.2) is 0 Å². The van der Waals surface area contributed by atoms with Gasteiger partial charge in [-0.2, -0.15) is 0 Å². The van der Waals surface area contributed by atoms with Gasteiger partial charge in [0.1, 0.15) is 0 Å². The first kappa shape index (κ1) is 22.9. The van der Waals surface area contributed by atoms with Crippen LogP contribution in [0.3, 0.4) is 0 Å². The zero-order valence-electron chi connectivity index (χ0n) is 15.8. The van der Waals surface area contributed by atoms with Gasteiger partial charge in [-0.25, -0.2) is 0 Å². The van der Waals surface area contributed by atoms with Crippen LogP contribution in [0.4, 0.5) is 0 Å². The molecule has 1 unspecified atom stereocenters. The Labute approximate surface area is 149 Å². The van der Waals surface area contributed by atoms with Gasteiger partial charge in [-0.05, 0) is 40.5 Å². The third-order valence-electron chi connectivity index (χ3n) is 3.61. The third kappa shape index (κ3) is 12.0. The first-order chi connectivity index (χ1) is 11.4. The monoisotopic (exact) mass is 357 g/mol. The molecule has 0 aliphatic heterocycles. The highest BCUT2D eigenvalue weighted by Crippen LogP contribution is 2.20. The molecule has 0 aliphatic carbocycles. The topological polar surface area (TPSA) is 125 Å². The van der Waals surface area contributed by atoms with Crippen molar-refractivity contribution in [3.8, 4) is 0 Å². The Hall–Kier alpha value is -2.12. The maximum absolute atomic E-state index is 12.0. The van der Waals surface area contributed by atoms with Crippen LogP contribution in [-0.2, 0) is 19.2 Å². The maximum Gasteiger partial charge on any atom is 0.303 e. The van der Waals surface area contributed by atoms with Gasteiger partial charge in [0.05, 0.1) is 6.42 Å². The summed E-state index contributed by atoms with van der Waals surface area (Å²) in [6.07, 6.45) is 0.702. The predicted molar refractivity (Wildman–Crippen MR) is 93.8 cm³/mol. The van der Waals surface area contributed by atoms with E-state index in [1.165, 1.54) is 7.05 Å². The van der Waals surface area contributed by atoms with E-state index in [2.05, 4.69) is 16.0 Å². The smallest absolute Gasteiger partial charge is 0.303 e. The molecular weight excluding hydrogens is 326 g/mol. The second-order valence-electron chi connectivity index (χ2n) is 7.47. The average Bonchev–Trinajstić information content (AvgIpc) is 2.47. The molecule has 0 aliphatic rings. The van der Waals surface area contributed by atoms with Crippen LogP contribution in [0, 0.1) is 0 Å². The quantitative estimate of drug-likeness (QED) is 0.463. The van der Waals surface area contributed by atoms with Gasteiger partial charge in [0.25, 0.3) is 0 Å². The minimum Gasteiger partial charge on any atom is -0.481 e. The van der Waals surface area contributed by atoms with Crippen molar-refractivity contribution in [2.24, 2.45) is 0 Å². The molecule has 0 spiro atoms. The van der Waals surface area contributed by atoms with E-state index in [1.54, 1.807) is 6.92 Å². The first-order valence-electron chi connectivity index (χ1n) is 8.41. The molecule has 8 heteroatoms. The zero-order valence-corrected chi connectivity index (χ0v) is 15.8. The number of aliphatic carboxylic acids is 1. The Bertz CT molecular complexity index is 499. The second-order valence-corrected chi connectivity index (χ2v) is 7.47. The van der Waals surface area contributed by atoms with Gasteiger partial charge in [-0.15, -0.1) is 0 Å². The number of carbonyl (C=O) groups is 4. The van der Waals surface area contributed by atoms with Crippen LogP contribution in [0.5, 0.6) is 0 Å². The van der Waals surface area contributed by atoms with Crippen molar-refractivity contribution in [2.45, 2.75) is 77.3 Å². The highest BCUT2D eigenvalue weighted by molar-refractivity contribution is 5.81. The molecule has 0 aromatic rings. The lowest BCUT2D eigenvalue weighted by Gasteiger charge is -2.31. The molecule has 0 bridgehead atoms. The molecule has 25 heavy (non-hydrogen) atoms. The fourth-order valence-corrected chi connectivity index (χ4v) is 2.25. The summed E-state index contributed by atoms with van der Waals surface area (Å²) >= 11 is 0. The summed E-state index contributed by atoms with van der Waals surface area (Å²) in [5.41, 5.74) is -1.11. The normalized spacial score (nSPS) is 13.5. The van der Waals surface area contributed by atoms with Crippen molar-refractivity contribution < 1.29 is 24.3 Å². The Morgan fingerprint density at radius 1 is 0.760 bits per heavy atom. The molecule has 1 atom stereocenters. The lowest BCUT2D eigenvalue weighted by Crippen LogP contribution is -2.48. The number of carboxylic acids is 1. The molecule has 0 aromatic carbocycles. The van der Waals surface area contributed by atoms with E-state index in [1.807, 2.05) is 20.8 Å². The molecule has 0 saturated heterocycles. The maximum atomic E-state index is 12.0. The number of nitrogens with one attached hydrogen (secondary N) is 3. The molecule has 144 valence electrons. The zero-order chi connectivity index (χ0) is 19.7. The van der Waals surface area contributed by atoms with Crippen molar-refractivity contribution in [1.29, 1.82) is 0 Å². The van der Waals surface area contributed by atoms with Crippen LogP contribution in [0.25, 0.3) is 0 Å². The summed E-state index contributed by atoms with van der Waals surface area (Å²) in [6.45, 7) is 7.40. The first-order valence-corrected chi connectivity index (χ1v) is 8.41. The Kier molecular flexibility index (Phi) is 9.16. The Balaban J connectivity index is 4.81. The van der Waals surface area contributed by atoms with Gasteiger partial charge in [0.2, 0.25) is 17.7 Å². The minimum atomic E-state index is -1.05. The van der Waals surface area contributed by atoms with E-state index in [-0.39, 0.29) is 43.0 Å². The predicted octanol–water partition coefficient (Wildman–Crippen LogP) is 0.947. The lowest BCUT2D eigenvalue weighted by atomic mass is 9.89. The van der Waals surface area contributed by atoms with Gasteiger partial charge >= 0.3 is 5.97 Å². The van der Waals surface area contributed by atoms with E-state index in [4.69, 9.17) is 5.11 Å². The van der Waals surface area contributed by atoms with Crippen LogP contribution in [-0.4, -0.2) is 46.9 Å². The molecule has 0 radical (unpaired) electrons. The Morgan fingerprint density at radius 3 is 1.68 bits per heavy atom. The number of carboxylic acid groups (broad SMARTS) is 1. The van der Waals surface area contributed by atoms with Gasteiger partial charge < -0.3 is 21.1 Å². The molecule has 0 aromatic heterocycles. The van der Waals surface area contributed by atoms with Gasteiger partial charge in [0.15, 0.2) is 0 Å². The number of carbonyl (C=O) groups excluding carboxylic acids is 3. The molecule has 0 saturated carbocycles. The molecule has 0 heterocycles. The molecular formula is C17H31N3O5. The van der Waals surface area contributed by atoms with Crippen molar-refractivity contribution in [2.75, 3.05) is 7.05 Å². The third-order valence-corrected chi connectivity index (χ3v) is 3.61. The summed E-state index contributed by atoms with van der Waals surface area (Å²) in [4.78, 5) is 46.1. The Morgan fingerprint density at radius 2 is 1.24 bits per heavy atom. The summed E-state index contributed by atoms with van der Waals surface area (Å²) in [7, 11) is 1.53. The number of rotatable bonds is 10. The SMILES string of the molecule is CNC(=O)CCC(C)(CCC(=O)NC(C)(C)C)NC(=O)CCC(=O)O. The van der Waals surface area contributed by atoms with E-state index in [9.17, 15) is 19.2 Å². The van der Waals surface area contributed by atoms with Crippen LogP contribution < -0.4 is 16.0 Å². The second kappa shape index (κ2) is 10.0. The molecule has 8 nitrogen and oxygen atoms in total.